The minimum absolute atomic E-state index is 0.393. The number of rotatable bonds is 3. The van der Waals surface area contributed by atoms with E-state index in [1.165, 1.54) is 5.56 Å². The average molecular weight is 212 g/mol. The van der Waals surface area contributed by atoms with Gasteiger partial charge in [-0.3, -0.25) is 9.78 Å². The van der Waals surface area contributed by atoms with Crippen molar-refractivity contribution in [1.82, 2.24) is 4.98 Å². The lowest BCUT2D eigenvalue weighted by atomic mass is 10.0. The molecule has 2 aromatic rings. The standard InChI is InChI=1S/C13H12N2O/c14-13(16)12-3-1-10(2-4-12)9-11-5-7-15-8-6-11/h1-8H,9H2,(H2,14,16). The van der Waals surface area contributed by atoms with E-state index in [1.54, 1.807) is 24.5 Å². The van der Waals surface area contributed by atoms with Crippen LogP contribution in [0.1, 0.15) is 21.5 Å². The van der Waals surface area contributed by atoms with E-state index in [1.807, 2.05) is 24.3 Å². The summed E-state index contributed by atoms with van der Waals surface area (Å²) < 4.78 is 0. The fourth-order valence-electron chi connectivity index (χ4n) is 1.52. The number of nitrogens with zero attached hydrogens (tertiary/aromatic N) is 1. The van der Waals surface area contributed by atoms with Crippen molar-refractivity contribution in [3.05, 3.63) is 65.5 Å². The minimum Gasteiger partial charge on any atom is -0.366 e. The smallest absolute Gasteiger partial charge is 0.248 e. The van der Waals surface area contributed by atoms with E-state index in [2.05, 4.69) is 4.98 Å². The second kappa shape index (κ2) is 4.57. The maximum absolute atomic E-state index is 10.9. The lowest BCUT2D eigenvalue weighted by molar-refractivity contribution is 0.100. The van der Waals surface area contributed by atoms with Crippen LogP contribution in [0.2, 0.25) is 0 Å². The third-order valence-corrected chi connectivity index (χ3v) is 2.40. The van der Waals surface area contributed by atoms with Crippen LogP contribution in [0, 0.1) is 0 Å². The highest BCUT2D eigenvalue weighted by Crippen LogP contribution is 2.09. The highest BCUT2D eigenvalue weighted by atomic mass is 16.1. The molecule has 16 heavy (non-hydrogen) atoms. The first kappa shape index (κ1) is 10.4. The molecule has 0 radical (unpaired) electrons. The molecule has 80 valence electrons. The third-order valence-electron chi connectivity index (χ3n) is 2.40. The van der Waals surface area contributed by atoms with E-state index in [0.717, 1.165) is 12.0 Å². The predicted octanol–water partition coefficient (Wildman–Crippen LogP) is 1.77. The number of aromatic nitrogens is 1. The van der Waals surface area contributed by atoms with Gasteiger partial charge in [0.1, 0.15) is 0 Å². The van der Waals surface area contributed by atoms with Crippen LogP contribution in [0.5, 0.6) is 0 Å². The Balaban J connectivity index is 2.14. The zero-order chi connectivity index (χ0) is 11.4. The van der Waals surface area contributed by atoms with Gasteiger partial charge in [-0.05, 0) is 41.8 Å². The molecule has 0 aliphatic heterocycles. The molecular weight excluding hydrogens is 200 g/mol. The Morgan fingerprint density at radius 3 is 2.12 bits per heavy atom. The van der Waals surface area contributed by atoms with Crippen LogP contribution in [0.25, 0.3) is 0 Å². The Morgan fingerprint density at radius 2 is 1.56 bits per heavy atom. The van der Waals surface area contributed by atoms with Crippen LogP contribution in [0.4, 0.5) is 0 Å². The minimum atomic E-state index is -0.393. The molecule has 0 atom stereocenters. The number of nitrogens with two attached hydrogens (primary N) is 1. The van der Waals surface area contributed by atoms with Crippen molar-refractivity contribution < 1.29 is 4.79 Å². The molecule has 0 bridgehead atoms. The van der Waals surface area contributed by atoms with Crippen molar-refractivity contribution >= 4 is 5.91 Å². The van der Waals surface area contributed by atoms with Gasteiger partial charge in [-0.1, -0.05) is 12.1 Å². The van der Waals surface area contributed by atoms with E-state index in [4.69, 9.17) is 5.73 Å². The predicted molar refractivity (Wildman–Crippen MR) is 62.0 cm³/mol. The number of pyridine rings is 1. The van der Waals surface area contributed by atoms with Gasteiger partial charge in [-0.25, -0.2) is 0 Å². The van der Waals surface area contributed by atoms with Gasteiger partial charge >= 0.3 is 0 Å². The summed E-state index contributed by atoms with van der Waals surface area (Å²) in [6, 6.07) is 11.3. The highest BCUT2D eigenvalue weighted by Gasteiger charge is 2.00. The van der Waals surface area contributed by atoms with E-state index < -0.39 is 5.91 Å². The molecule has 1 amide bonds. The number of carbonyl (C=O) groups excluding carboxylic acids is 1. The summed E-state index contributed by atoms with van der Waals surface area (Å²) in [7, 11) is 0. The van der Waals surface area contributed by atoms with Gasteiger partial charge in [0.2, 0.25) is 5.91 Å². The monoisotopic (exact) mass is 212 g/mol. The third kappa shape index (κ3) is 2.45. The van der Waals surface area contributed by atoms with Gasteiger partial charge < -0.3 is 5.73 Å². The number of carbonyl (C=O) groups is 1. The molecular formula is C13H12N2O. The zero-order valence-corrected chi connectivity index (χ0v) is 8.76. The molecule has 0 aliphatic rings. The van der Waals surface area contributed by atoms with E-state index in [-0.39, 0.29) is 0 Å². The van der Waals surface area contributed by atoms with Gasteiger partial charge in [0.15, 0.2) is 0 Å². The molecule has 0 spiro atoms. The average Bonchev–Trinajstić information content (AvgIpc) is 2.31. The fourth-order valence-corrected chi connectivity index (χ4v) is 1.52. The Morgan fingerprint density at radius 1 is 1.00 bits per heavy atom. The van der Waals surface area contributed by atoms with Crippen LogP contribution in [0.3, 0.4) is 0 Å². The second-order valence-corrected chi connectivity index (χ2v) is 3.59. The van der Waals surface area contributed by atoms with Crippen molar-refractivity contribution in [2.45, 2.75) is 6.42 Å². The van der Waals surface area contributed by atoms with Gasteiger partial charge in [0.25, 0.3) is 0 Å². The SMILES string of the molecule is NC(=O)c1ccc(Cc2ccncc2)cc1. The van der Waals surface area contributed by atoms with Crippen molar-refractivity contribution in [3.63, 3.8) is 0 Å². The Labute approximate surface area is 93.9 Å². The molecule has 1 aromatic carbocycles. The number of amides is 1. The van der Waals surface area contributed by atoms with E-state index in [9.17, 15) is 4.79 Å². The molecule has 0 saturated heterocycles. The molecule has 1 heterocycles. The van der Waals surface area contributed by atoms with Crippen molar-refractivity contribution in [2.75, 3.05) is 0 Å². The van der Waals surface area contributed by atoms with Gasteiger partial charge in [0, 0.05) is 18.0 Å². The van der Waals surface area contributed by atoms with E-state index >= 15 is 0 Å². The molecule has 3 nitrogen and oxygen atoms in total. The Kier molecular flexibility index (Phi) is 2.96. The summed E-state index contributed by atoms with van der Waals surface area (Å²) in [6.45, 7) is 0. The lowest BCUT2D eigenvalue weighted by Gasteiger charge is -2.02. The first-order valence-corrected chi connectivity index (χ1v) is 5.03. The molecule has 0 fully saturated rings. The molecule has 0 saturated carbocycles. The summed E-state index contributed by atoms with van der Waals surface area (Å²) in [4.78, 5) is 14.8. The van der Waals surface area contributed by atoms with Crippen LogP contribution < -0.4 is 5.73 Å². The molecule has 2 N–H and O–H groups in total. The number of hydrogen-bond donors (Lipinski definition) is 1. The molecule has 2 rings (SSSR count). The maximum atomic E-state index is 10.9. The first-order valence-electron chi connectivity index (χ1n) is 5.03. The summed E-state index contributed by atoms with van der Waals surface area (Å²) >= 11 is 0. The fraction of sp³-hybridized carbons (Fsp3) is 0.0769. The number of primary amides is 1. The highest BCUT2D eigenvalue weighted by molar-refractivity contribution is 5.92. The first-order chi connectivity index (χ1) is 7.75. The normalized spacial score (nSPS) is 10.0. The molecule has 0 unspecified atom stereocenters. The summed E-state index contributed by atoms with van der Waals surface area (Å²) in [5.74, 6) is -0.393. The van der Waals surface area contributed by atoms with Gasteiger partial charge in [0.05, 0.1) is 0 Å². The summed E-state index contributed by atoms with van der Waals surface area (Å²) in [5, 5.41) is 0. The zero-order valence-electron chi connectivity index (χ0n) is 8.76. The molecule has 3 heteroatoms. The van der Waals surface area contributed by atoms with Crippen LogP contribution in [0.15, 0.2) is 48.8 Å². The van der Waals surface area contributed by atoms with Gasteiger partial charge in [-0.2, -0.15) is 0 Å². The molecule has 0 aliphatic carbocycles. The largest absolute Gasteiger partial charge is 0.366 e. The summed E-state index contributed by atoms with van der Waals surface area (Å²) in [5.41, 5.74) is 8.05. The lowest BCUT2D eigenvalue weighted by Crippen LogP contribution is -2.10. The van der Waals surface area contributed by atoms with E-state index in [0.29, 0.717) is 5.56 Å². The van der Waals surface area contributed by atoms with Crippen molar-refractivity contribution in [2.24, 2.45) is 5.73 Å². The topological polar surface area (TPSA) is 56.0 Å². The number of hydrogen-bond acceptors (Lipinski definition) is 2. The quantitative estimate of drug-likeness (QED) is 0.843. The van der Waals surface area contributed by atoms with Crippen LogP contribution in [-0.2, 0) is 6.42 Å². The van der Waals surface area contributed by atoms with Crippen LogP contribution in [-0.4, -0.2) is 10.9 Å². The summed E-state index contributed by atoms with van der Waals surface area (Å²) in [6.07, 6.45) is 4.38. The van der Waals surface area contributed by atoms with Crippen molar-refractivity contribution in [3.8, 4) is 0 Å². The molecule has 1 aromatic heterocycles. The van der Waals surface area contributed by atoms with Crippen molar-refractivity contribution in [1.29, 1.82) is 0 Å². The van der Waals surface area contributed by atoms with Gasteiger partial charge in [-0.15, -0.1) is 0 Å². The second-order valence-electron chi connectivity index (χ2n) is 3.59. The maximum Gasteiger partial charge on any atom is 0.248 e. The number of benzene rings is 1. The van der Waals surface area contributed by atoms with Crippen LogP contribution >= 0.6 is 0 Å². The Bertz CT molecular complexity index is 477. The Hall–Kier alpha value is -2.16.